The highest BCUT2D eigenvalue weighted by atomic mass is 35.5. The molecule has 0 radical (unpaired) electrons. The quantitative estimate of drug-likeness (QED) is 0.623. The number of nitrogens with zero attached hydrogens (tertiary/aromatic N) is 1. The van der Waals surface area contributed by atoms with Gasteiger partial charge in [0.05, 0.1) is 13.2 Å². The van der Waals surface area contributed by atoms with Crippen LogP contribution in [0, 0.1) is 0 Å². The molecule has 1 amide bonds. The number of ether oxygens (including phenoxy) is 2. The Balaban J connectivity index is 2.00. The molecule has 1 aromatic rings. The van der Waals surface area contributed by atoms with E-state index in [4.69, 9.17) is 21.1 Å². The Bertz CT molecular complexity index is 424. The first-order valence-electron chi connectivity index (χ1n) is 6.03. The normalized spacial score (nSPS) is 18.8. The zero-order valence-electron chi connectivity index (χ0n) is 10.3. The van der Waals surface area contributed by atoms with Gasteiger partial charge in [-0.2, -0.15) is 0 Å². The third kappa shape index (κ3) is 3.07. The lowest BCUT2D eigenvalue weighted by atomic mass is 10.3. The van der Waals surface area contributed by atoms with Crippen molar-refractivity contribution in [1.29, 1.82) is 0 Å². The maximum Gasteiger partial charge on any atom is 0.316 e. The summed E-state index contributed by atoms with van der Waals surface area (Å²) in [6.45, 7) is 3.70. The predicted molar refractivity (Wildman–Crippen MR) is 69.5 cm³/mol. The Labute approximate surface area is 111 Å². The van der Waals surface area contributed by atoms with Crippen molar-refractivity contribution in [3.8, 4) is 11.5 Å². The Morgan fingerprint density at radius 3 is 2.78 bits per heavy atom. The predicted octanol–water partition coefficient (Wildman–Crippen LogP) is 2.90. The zero-order chi connectivity index (χ0) is 13.0. The lowest BCUT2D eigenvalue weighted by Crippen LogP contribution is -2.26. The van der Waals surface area contributed by atoms with Crippen LogP contribution in [0.4, 0.5) is 4.79 Å². The number of benzene rings is 1. The van der Waals surface area contributed by atoms with E-state index in [0.29, 0.717) is 25.4 Å². The van der Waals surface area contributed by atoms with Crippen LogP contribution in [0.5, 0.6) is 11.5 Å². The van der Waals surface area contributed by atoms with Gasteiger partial charge in [0.25, 0.3) is 0 Å². The largest absolute Gasteiger partial charge is 0.490 e. The van der Waals surface area contributed by atoms with Crippen molar-refractivity contribution in [3.05, 3.63) is 24.3 Å². The second-order valence-corrected chi connectivity index (χ2v) is 4.43. The summed E-state index contributed by atoms with van der Waals surface area (Å²) < 4.78 is 11.4. The maximum atomic E-state index is 11.0. The summed E-state index contributed by atoms with van der Waals surface area (Å²) in [6.07, 6.45) is 0.771. The Morgan fingerprint density at radius 2 is 2.17 bits per heavy atom. The Kier molecular flexibility index (Phi) is 4.31. The molecule has 0 spiro atoms. The van der Waals surface area contributed by atoms with Gasteiger partial charge >= 0.3 is 5.37 Å². The molecule has 1 aliphatic heterocycles. The van der Waals surface area contributed by atoms with Gasteiger partial charge < -0.3 is 14.4 Å². The summed E-state index contributed by atoms with van der Waals surface area (Å²) in [6, 6.07) is 7.55. The molecule has 1 heterocycles. The number of carbonyl (C=O) groups excluding carboxylic acids is 1. The number of para-hydroxylation sites is 2. The molecule has 1 saturated heterocycles. The molecule has 4 nitrogen and oxygen atoms in total. The SMILES string of the molecule is CCOc1ccccc1OC1CCN(C(=O)Cl)C1. The van der Waals surface area contributed by atoms with Gasteiger partial charge in [-0.3, -0.25) is 4.79 Å². The standard InChI is InChI=1S/C13H16ClNO3/c1-2-17-11-5-3-4-6-12(11)18-10-7-8-15(9-10)13(14)16/h3-6,10H,2,7-9H2,1H3. The fourth-order valence-electron chi connectivity index (χ4n) is 1.99. The molecule has 1 fully saturated rings. The highest BCUT2D eigenvalue weighted by Crippen LogP contribution is 2.29. The van der Waals surface area contributed by atoms with E-state index in [1.807, 2.05) is 31.2 Å². The van der Waals surface area contributed by atoms with Crippen LogP contribution in [0.1, 0.15) is 13.3 Å². The zero-order valence-corrected chi connectivity index (χ0v) is 11.0. The van der Waals surface area contributed by atoms with Gasteiger partial charge in [0, 0.05) is 13.0 Å². The van der Waals surface area contributed by atoms with E-state index >= 15 is 0 Å². The average Bonchev–Trinajstić information content (AvgIpc) is 2.81. The molecule has 0 saturated carbocycles. The second kappa shape index (κ2) is 5.96. The van der Waals surface area contributed by atoms with Gasteiger partial charge in [-0.1, -0.05) is 12.1 Å². The van der Waals surface area contributed by atoms with Crippen molar-refractivity contribution in [2.45, 2.75) is 19.4 Å². The van der Waals surface area contributed by atoms with Crippen molar-refractivity contribution in [3.63, 3.8) is 0 Å². The highest BCUT2D eigenvalue weighted by Gasteiger charge is 2.27. The molecule has 1 atom stereocenters. The minimum Gasteiger partial charge on any atom is -0.490 e. The van der Waals surface area contributed by atoms with Crippen LogP contribution < -0.4 is 9.47 Å². The van der Waals surface area contributed by atoms with E-state index in [2.05, 4.69) is 0 Å². The van der Waals surface area contributed by atoms with E-state index in [-0.39, 0.29) is 6.10 Å². The molecular formula is C13H16ClNO3. The summed E-state index contributed by atoms with van der Waals surface area (Å²) >= 11 is 5.44. The number of halogens is 1. The third-order valence-corrected chi connectivity index (χ3v) is 3.08. The second-order valence-electron chi connectivity index (χ2n) is 4.11. The van der Waals surface area contributed by atoms with Crippen molar-refractivity contribution in [2.75, 3.05) is 19.7 Å². The van der Waals surface area contributed by atoms with Crippen molar-refractivity contribution in [1.82, 2.24) is 4.90 Å². The minimum absolute atomic E-state index is 0.0192. The van der Waals surface area contributed by atoms with Gasteiger partial charge in [-0.15, -0.1) is 0 Å². The molecule has 1 aliphatic rings. The van der Waals surface area contributed by atoms with E-state index in [0.717, 1.165) is 12.2 Å². The molecule has 0 bridgehead atoms. The summed E-state index contributed by atoms with van der Waals surface area (Å²) in [5.41, 5.74) is 0. The molecule has 0 aliphatic carbocycles. The first-order chi connectivity index (χ1) is 8.70. The number of rotatable bonds is 4. The molecule has 0 N–H and O–H groups in total. The van der Waals surface area contributed by atoms with Gasteiger partial charge in [0.2, 0.25) is 0 Å². The molecule has 18 heavy (non-hydrogen) atoms. The van der Waals surface area contributed by atoms with Gasteiger partial charge in [-0.05, 0) is 30.7 Å². The van der Waals surface area contributed by atoms with Gasteiger partial charge in [0.15, 0.2) is 11.5 Å². The molecule has 2 rings (SSSR count). The smallest absolute Gasteiger partial charge is 0.316 e. The van der Waals surface area contributed by atoms with Crippen molar-refractivity contribution in [2.24, 2.45) is 0 Å². The number of amides is 1. The number of hydrogen-bond acceptors (Lipinski definition) is 3. The Hall–Kier alpha value is -1.42. The lowest BCUT2D eigenvalue weighted by molar-refractivity contribution is 0.191. The molecule has 1 unspecified atom stereocenters. The highest BCUT2D eigenvalue weighted by molar-refractivity contribution is 6.62. The average molecular weight is 270 g/mol. The fourth-order valence-corrected chi connectivity index (χ4v) is 2.14. The molecule has 98 valence electrons. The van der Waals surface area contributed by atoms with Crippen molar-refractivity contribution >= 4 is 17.0 Å². The third-order valence-electron chi connectivity index (χ3n) is 2.84. The first-order valence-corrected chi connectivity index (χ1v) is 6.41. The number of hydrogen-bond donors (Lipinski definition) is 0. The van der Waals surface area contributed by atoms with Crippen LogP contribution in [0.25, 0.3) is 0 Å². The molecule has 5 heteroatoms. The maximum absolute atomic E-state index is 11.0. The molecule has 0 aromatic heterocycles. The minimum atomic E-state index is -0.417. The van der Waals surface area contributed by atoms with Gasteiger partial charge in [0.1, 0.15) is 6.10 Å². The van der Waals surface area contributed by atoms with Crippen LogP contribution in [-0.4, -0.2) is 36.1 Å². The van der Waals surface area contributed by atoms with Gasteiger partial charge in [-0.25, -0.2) is 0 Å². The molecule has 1 aromatic carbocycles. The van der Waals surface area contributed by atoms with E-state index in [1.165, 1.54) is 0 Å². The van der Waals surface area contributed by atoms with Crippen LogP contribution in [0.3, 0.4) is 0 Å². The Morgan fingerprint density at radius 1 is 1.44 bits per heavy atom. The topological polar surface area (TPSA) is 38.8 Å². The summed E-state index contributed by atoms with van der Waals surface area (Å²) in [7, 11) is 0. The van der Waals surface area contributed by atoms with Crippen molar-refractivity contribution < 1.29 is 14.3 Å². The van der Waals surface area contributed by atoms with E-state index < -0.39 is 5.37 Å². The van der Waals surface area contributed by atoms with Crippen LogP contribution in [0.2, 0.25) is 0 Å². The van der Waals surface area contributed by atoms with E-state index in [9.17, 15) is 4.79 Å². The summed E-state index contributed by atoms with van der Waals surface area (Å²) in [5, 5.41) is -0.417. The van der Waals surface area contributed by atoms with E-state index in [1.54, 1.807) is 4.90 Å². The number of carbonyl (C=O) groups is 1. The van der Waals surface area contributed by atoms with Crippen LogP contribution >= 0.6 is 11.6 Å². The first kappa shape index (κ1) is 13.0. The number of likely N-dealkylation sites (tertiary alicyclic amines) is 1. The van der Waals surface area contributed by atoms with Crippen LogP contribution in [-0.2, 0) is 0 Å². The fraction of sp³-hybridized carbons (Fsp3) is 0.462. The lowest BCUT2D eigenvalue weighted by Gasteiger charge is -2.17. The summed E-state index contributed by atoms with van der Waals surface area (Å²) in [5.74, 6) is 1.45. The monoisotopic (exact) mass is 269 g/mol. The molecular weight excluding hydrogens is 254 g/mol. The van der Waals surface area contributed by atoms with Crippen LogP contribution in [0.15, 0.2) is 24.3 Å². The summed E-state index contributed by atoms with van der Waals surface area (Å²) in [4.78, 5) is 12.6.